The molecule has 1 amide bonds. The van der Waals surface area contributed by atoms with Gasteiger partial charge in [-0.3, -0.25) is 9.36 Å². The van der Waals surface area contributed by atoms with Gasteiger partial charge < -0.3 is 28.8 Å². The number of likely N-dealkylation sites (N-methyl/N-ethyl adjacent to an activating group) is 1. The van der Waals surface area contributed by atoms with Crippen LogP contribution in [0, 0.1) is 0 Å². The highest BCUT2D eigenvalue weighted by Crippen LogP contribution is 2.38. The third-order valence-electron chi connectivity index (χ3n) is 10.7. The molecule has 0 saturated heterocycles. The van der Waals surface area contributed by atoms with Crippen LogP contribution in [0.3, 0.4) is 0 Å². The molecule has 0 heterocycles. The molecule has 318 valence electrons. The SMILES string of the molecule is CCCCCCCCCCCCCCCCCCCCCCCCCCCCCCCCCC(O)C(COP(=O)([O-])OCC[N+](C)(C)C)NC(=O)CC. The first-order valence-corrected chi connectivity index (χ1v) is 24.3. The lowest BCUT2D eigenvalue weighted by Crippen LogP contribution is -2.46. The number of quaternary nitrogens is 1. The van der Waals surface area contributed by atoms with Crippen LogP contribution in [0.4, 0.5) is 0 Å². The number of rotatable bonds is 42. The van der Waals surface area contributed by atoms with E-state index in [9.17, 15) is 19.4 Å². The third-order valence-corrected chi connectivity index (χ3v) is 11.6. The predicted molar refractivity (Wildman–Crippen MR) is 224 cm³/mol. The van der Waals surface area contributed by atoms with E-state index in [1.807, 2.05) is 21.1 Å². The van der Waals surface area contributed by atoms with Gasteiger partial charge in [-0.25, -0.2) is 0 Å². The van der Waals surface area contributed by atoms with E-state index in [0.29, 0.717) is 17.4 Å². The summed E-state index contributed by atoms with van der Waals surface area (Å²) in [7, 11) is 1.31. The van der Waals surface area contributed by atoms with E-state index in [0.717, 1.165) is 19.3 Å². The second kappa shape index (κ2) is 37.1. The number of carbonyl (C=O) groups is 1. The topological polar surface area (TPSA) is 108 Å². The van der Waals surface area contributed by atoms with E-state index in [1.165, 1.54) is 180 Å². The van der Waals surface area contributed by atoms with Crippen LogP contribution in [0.2, 0.25) is 0 Å². The third kappa shape index (κ3) is 39.5. The van der Waals surface area contributed by atoms with Gasteiger partial charge in [-0.2, -0.15) is 0 Å². The van der Waals surface area contributed by atoms with Crippen molar-refractivity contribution >= 4 is 13.7 Å². The Morgan fingerprint density at radius 2 is 0.906 bits per heavy atom. The van der Waals surface area contributed by atoms with Crippen LogP contribution < -0.4 is 10.2 Å². The van der Waals surface area contributed by atoms with Gasteiger partial charge in [-0.15, -0.1) is 0 Å². The summed E-state index contributed by atoms with van der Waals surface area (Å²) in [6.07, 6.45) is 42.3. The molecule has 3 unspecified atom stereocenters. The quantitative estimate of drug-likeness (QED) is 0.0363. The maximum Gasteiger partial charge on any atom is 0.268 e. The first-order chi connectivity index (χ1) is 25.5. The van der Waals surface area contributed by atoms with Crippen molar-refractivity contribution in [1.82, 2.24) is 5.32 Å². The summed E-state index contributed by atoms with van der Waals surface area (Å²) in [5, 5.41) is 13.4. The van der Waals surface area contributed by atoms with E-state index >= 15 is 0 Å². The van der Waals surface area contributed by atoms with Crippen molar-refractivity contribution in [3.05, 3.63) is 0 Å². The number of phosphoric ester groups is 1. The van der Waals surface area contributed by atoms with Crippen LogP contribution >= 0.6 is 7.82 Å². The van der Waals surface area contributed by atoms with Crippen LogP contribution in [0.5, 0.6) is 0 Å². The molecule has 0 rings (SSSR count). The van der Waals surface area contributed by atoms with Crippen molar-refractivity contribution in [2.24, 2.45) is 0 Å². The summed E-state index contributed by atoms with van der Waals surface area (Å²) in [5.41, 5.74) is 0. The Bertz CT molecular complexity index is 839. The minimum Gasteiger partial charge on any atom is -0.756 e. The van der Waals surface area contributed by atoms with E-state index in [2.05, 4.69) is 12.2 Å². The van der Waals surface area contributed by atoms with Crippen molar-refractivity contribution in [3.8, 4) is 0 Å². The van der Waals surface area contributed by atoms with Gasteiger partial charge >= 0.3 is 0 Å². The summed E-state index contributed by atoms with van der Waals surface area (Å²) in [6.45, 7) is 4.20. The summed E-state index contributed by atoms with van der Waals surface area (Å²) in [4.78, 5) is 24.2. The molecule has 0 spiro atoms. The molecule has 0 radical (unpaired) electrons. The standard InChI is InChI=1S/C44H91N2O6P/c1-6-8-9-10-11-12-13-14-15-16-17-18-19-20-21-22-23-24-25-26-27-28-29-30-31-32-33-34-35-36-37-38-43(47)42(45-44(48)7-2)41-52-53(49,50)51-40-39-46(3,4)5/h42-43,47H,6-41H2,1-5H3,(H-,45,48,49,50). The molecule has 3 atom stereocenters. The molecule has 0 aromatic carbocycles. The lowest BCUT2D eigenvalue weighted by atomic mass is 10.0. The fourth-order valence-electron chi connectivity index (χ4n) is 6.95. The molecule has 0 aromatic heterocycles. The number of aliphatic hydroxyl groups excluding tert-OH is 1. The van der Waals surface area contributed by atoms with E-state index in [4.69, 9.17) is 9.05 Å². The van der Waals surface area contributed by atoms with Crippen molar-refractivity contribution in [2.45, 2.75) is 238 Å². The Labute approximate surface area is 329 Å². The molecule has 0 aliphatic rings. The first-order valence-electron chi connectivity index (χ1n) is 22.9. The van der Waals surface area contributed by atoms with Gasteiger partial charge in [0.1, 0.15) is 13.2 Å². The first kappa shape index (κ1) is 52.5. The molecular formula is C44H91N2O6P. The minimum atomic E-state index is -4.52. The van der Waals surface area contributed by atoms with Gasteiger partial charge in [0.15, 0.2) is 0 Å². The summed E-state index contributed by atoms with van der Waals surface area (Å²) in [6, 6.07) is -0.791. The predicted octanol–water partition coefficient (Wildman–Crippen LogP) is 12.0. The van der Waals surface area contributed by atoms with E-state index in [1.54, 1.807) is 6.92 Å². The van der Waals surface area contributed by atoms with Gasteiger partial charge in [0.25, 0.3) is 7.82 Å². The zero-order valence-electron chi connectivity index (χ0n) is 36.0. The zero-order chi connectivity index (χ0) is 39.3. The van der Waals surface area contributed by atoms with Crippen molar-refractivity contribution < 1.29 is 32.9 Å². The highest BCUT2D eigenvalue weighted by Gasteiger charge is 2.24. The number of nitrogens with zero attached hydrogens (tertiary/aromatic N) is 1. The molecule has 0 aliphatic heterocycles. The fourth-order valence-corrected chi connectivity index (χ4v) is 7.67. The molecule has 0 saturated carbocycles. The maximum atomic E-state index is 12.2. The molecule has 2 N–H and O–H groups in total. The largest absolute Gasteiger partial charge is 0.756 e. The highest BCUT2D eigenvalue weighted by molar-refractivity contribution is 7.45. The number of unbranched alkanes of at least 4 members (excludes halogenated alkanes) is 30. The number of amides is 1. The van der Waals surface area contributed by atoms with Crippen LogP contribution in [0.25, 0.3) is 0 Å². The number of phosphoric acid groups is 1. The number of aliphatic hydroxyl groups is 1. The second-order valence-electron chi connectivity index (χ2n) is 17.1. The van der Waals surface area contributed by atoms with Crippen LogP contribution in [0.1, 0.15) is 226 Å². The van der Waals surface area contributed by atoms with Gasteiger partial charge in [0.05, 0.1) is 39.9 Å². The lowest BCUT2D eigenvalue weighted by Gasteiger charge is -2.30. The smallest absolute Gasteiger partial charge is 0.268 e. The Hall–Kier alpha value is -0.500. The number of carbonyl (C=O) groups excluding carboxylic acids is 1. The lowest BCUT2D eigenvalue weighted by molar-refractivity contribution is -0.870. The Morgan fingerprint density at radius 1 is 0.585 bits per heavy atom. The van der Waals surface area contributed by atoms with Gasteiger partial charge in [-0.1, -0.05) is 213 Å². The van der Waals surface area contributed by atoms with Gasteiger partial charge in [0.2, 0.25) is 5.91 Å². The molecular weight excluding hydrogens is 683 g/mol. The Balaban J connectivity index is 3.57. The maximum absolute atomic E-state index is 12.2. The van der Waals surface area contributed by atoms with Crippen molar-refractivity contribution in [3.63, 3.8) is 0 Å². The van der Waals surface area contributed by atoms with Crippen LogP contribution in [-0.2, 0) is 18.4 Å². The second-order valence-corrected chi connectivity index (χ2v) is 18.5. The molecule has 0 bridgehead atoms. The summed E-state index contributed by atoms with van der Waals surface area (Å²) < 4.78 is 22.7. The molecule has 53 heavy (non-hydrogen) atoms. The zero-order valence-corrected chi connectivity index (χ0v) is 36.9. The number of hydrogen-bond acceptors (Lipinski definition) is 6. The van der Waals surface area contributed by atoms with Crippen LogP contribution in [0.15, 0.2) is 0 Å². The highest BCUT2D eigenvalue weighted by atomic mass is 31.2. The minimum absolute atomic E-state index is 0.0124. The molecule has 0 aromatic rings. The van der Waals surface area contributed by atoms with E-state index in [-0.39, 0.29) is 25.5 Å². The molecule has 0 aliphatic carbocycles. The van der Waals surface area contributed by atoms with Gasteiger partial charge in [0, 0.05) is 6.42 Å². The van der Waals surface area contributed by atoms with Crippen molar-refractivity contribution in [1.29, 1.82) is 0 Å². The average Bonchev–Trinajstić information content (AvgIpc) is 3.11. The van der Waals surface area contributed by atoms with Gasteiger partial charge in [-0.05, 0) is 6.42 Å². The average molecular weight is 775 g/mol. The summed E-state index contributed by atoms with van der Waals surface area (Å²) in [5.74, 6) is -0.250. The molecule has 9 heteroatoms. The number of nitrogens with one attached hydrogen (secondary N) is 1. The van der Waals surface area contributed by atoms with Crippen molar-refractivity contribution in [2.75, 3.05) is 40.9 Å². The van der Waals surface area contributed by atoms with E-state index < -0.39 is 20.0 Å². The monoisotopic (exact) mass is 775 g/mol. The fraction of sp³-hybridized carbons (Fsp3) is 0.977. The molecule has 0 fully saturated rings. The van der Waals surface area contributed by atoms with Crippen LogP contribution in [-0.4, -0.2) is 68.5 Å². The Kier molecular flexibility index (Phi) is 36.7. The summed E-state index contributed by atoms with van der Waals surface area (Å²) >= 11 is 0. The Morgan fingerprint density at radius 3 is 1.21 bits per heavy atom. The molecule has 8 nitrogen and oxygen atoms in total. The normalized spacial score (nSPS) is 14.3. The number of hydrogen-bond donors (Lipinski definition) is 2.